The highest BCUT2D eigenvalue weighted by atomic mass is 16.1. The number of nitrogens with one attached hydrogen (secondary N) is 1. The van der Waals surface area contributed by atoms with E-state index in [-0.39, 0.29) is 22.2 Å². The molecule has 0 aliphatic heterocycles. The van der Waals surface area contributed by atoms with Crippen LogP contribution >= 0.6 is 0 Å². The third kappa shape index (κ3) is 18.3. The molecule has 2 nitrogen and oxygen atoms in total. The first-order chi connectivity index (χ1) is 11.6. The van der Waals surface area contributed by atoms with Crippen molar-refractivity contribution in [1.82, 2.24) is 5.32 Å². The molecule has 0 aromatic heterocycles. The molecular formula is C24H53NO. The van der Waals surface area contributed by atoms with Gasteiger partial charge in [0.05, 0.1) is 0 Å². The highest BCUT2D eigenvalue weighted by Crippen LogP contribution is 2.37. The molecule has 0 heterocycles. The highest BCUT2D eigenvalue weighted by Gasteiger charge is 2.30. The van der Waals surface area contributed by atoms with Crippen molar-refractivity contribution in [2.45, 2.75) is 123 Å². The molecule has 0 spiro atoms. The maximum atomic E-state index is 12.3. The molecule has 0 aliphatic rings. The summed E-state index contributed by atoms with van der Waals surface area (Å²) in [5.74, 6) is 0.191. The Morgan fingerprint density at radius 2 is 1.12 bits per heavy atom. The van der Waals surface area contributed by atoms with Crippen molar-refractivity contribution >= 4 is 5.91 Å². The summed E-state index contributed by atoms with van der Waals surface area (Å²) < 4.78 is 0. The van der Waals surface area contributed by atoms with Gasteiger partial charge in [0.25, 0.3) is 0 Å². The summed E-state index contributed by atoms with van der Waals surface area (Å²) in [4.78, 5) is 12.3. The normalized spacial score (nSPS) is 12.4. The second-order valence-corrected chi connectivity index (χ2v) is 10.7. The maximum Gasteiger partial charge on any atom is 0.220 e. The van der Waals surface area contributed by atoms with Crippen LogP contribution in [0.1, 0.15) is 123 Å². The quantitative estimate of drug-likeness (QED) is 0.462. The Morgan fingerprint density at radius 1 is 0.692 bits per heavy atom. The standard InChI is InChI=1S/C20H41NO.2C2H6/c1-11-18(5,6)14-20(9,10)15-21-16(22)12-19(7,8)13-17(2,3)4;2*1-2/h11-15H2,1-10H3,(H,21,22);2*1-2H3. The number of hydrogen-bond donors (Lipinski definition) is 1. The van der Waals surface area contributed by atoms with E-state index in [1.165, 1.54) is 6.42 Å². The van der Waals surface area contributed by atoms with Crippen molar-refractivity contribution in [2.24, 2.45) is 21.7 Å². The molecule has 1 amide bonds. The zero-order valence-corrected chi connectivity index (χ0v) is 20.9. The lowest BCUT2D eigenvalue weighted by Gasteiger charge is -2.35. The molecule has 0 aliphatic carbocycles. The lowest BCUT2D eigenvalue weighted by molar-refractivity contribution is -0.123. The fourth-order valence-electron chi connectivity index (χ4n) is 3.82. The van der Waals surface area contributed by atoms with Gasteiger partial charge in [-0.05, 0) is 34.5 Å². The van der Waals surface area contributed by atoms with E-state index in [1.54, 1.807) is 0 Å². The summed E-state index contributed by atoms with van der Waals surface area (Å²) in [7, 11) is 0. The first-order valence-corrected chi connectivity index (χ1v) is 10.8. The third-order valence-corrected chi connectivity index (χ3v) is 4.33. The van der Waals surface area contributed by atoms with Gasteiger partial charge in [-0.25, -0.2) is 0 Å². The van der Waals surface area contributed by atoms with E-state index in [9.17, 15) is 4.79 Å². The Labute approximate surface area is 167 Å². The number of rotatable bonds is 8. The van der Waals surface area contributed by atoms with Gasteiger partial charge in [0.15, 0.2) is 0 Å². The Hall–Kier alpha value is -0.530. The Kier molecular flexibility index (Phi) is 14.9. The van der Waals surface area contributed by atoms with Gasteiger partial charge in [0.2, 0.25) is 5.91 Å². The van der Waals surface area contributed by atoms with Gasteiger partial charge in [0.1, 0.15) is 0 Å². The summed E-state index contributed by atoms with van der Waals surface area (Å²) in [5, 5.41) is 3.17. The number of amides is 1. The molecule has 160 valence electrons. The molecule has 1 N–H and O–H groups in total. The summed E-state index contributed by atoms with van der Waals surface area (Å²) >= 11 is 0. The molecule has 0 saturated carbocycles. The summed E-state index contributed by atoms with van der Waals surface area (Å²) in [6, 6.07) is 0. The van der Waals surface area contributed by atoms with Crippen LogP contribution in [0.15, 0.2) is 0 Å². The minimum absolute atomic E-state index is 0.0508. The fraction of sp³-hybridized carbons (Fsp3) is 0.958. The molecule has 0 unspecified atom stereocenters. The van der Waals surface area contributed by atoms with Gasteiger partial charge in [-0.2, -0.15) is 0 Å². The molecule has 0 atom stereocenters. The van der Waals surface area contributed by atoms with Crippen LogP contribution in [0.25, 0.3) is 0 Å². The first kappa shape index (κ1) is 30.2. The van der Waals surface area contributed by atoms with Crippen molar-refractivity contribution in [2.75, 3.05) is 6.54 Å². The minimum atomic E-state index is 0.0508. The van der Waals surface area contributed by atoms with Gasteiger partial charge in [0, 0.05) is 13.0 Å². The summed E-state index contributed by atoms with van der Waals surface area (Å²) in [6.45, 7) is 31.2. The largest absolute Gasteiger partial charge is 0.356 e. The molecule has 0 fully saturated rings. The van der Waals surface area contributed by atoms with Gasteiger partial charge >= 0.3 is 0 Å². The average Bonchev–Trinajstić information content (AvgIpc) is 2.45. The van der Waals surface area contributed by atoms with Crippen LogP contribution in [0.2, 0.25) is 0 Å². The van der Waals surface area contributed by atoms with Crippen molar-refractivity contribution in [3.8, 4) is 0 Å². The van der Waals surface area contributed by atoms with Crippen LogP contribution in [-0.4, -0.2) is 12.5 Å². The van der Waals surface area contributed by atoms with Crippen molar-refractivity contribution in [3.63, 3.8) is 0 Å². The summed E-state index contributed by atoms with van der Waals surface area (Å²) in [6.07, 6.45) is 3.96. The predicted molar refractivity (Wildman–Crippen MR) is 121 cm³/mol. The fourth-order valence-corrected chi connectivity index (χ4v) is 3.82. The van der Waals surface area contributed by atoms with E-state index in [0.717, 1.165) is 19.4 Å². The minimum Gasteiger partial charge on any atom is -0.356 e. The highest BCUT2D eigenvalue weighted by molar-refractivity contribution is 5.76. The summed E-state index contributed by atoms with van der Waals surface area (Å²) in [5.41, 5.74) is 0.784. The molecule has 0 bridgehead atoms. The van der Waals surface area contributed by atoms with Crippen LogP contribution in [-0.2, 0) is 4.79 Å². The van der Waals surface area contributed by atoms with Crippen LogP contribution in [0.5, 0.6) is 0 Å². The lowest BCUT2D eigenvalue weighted by Crippen LogP contribution is -2.38. The molecule has 0 aromatic rings. The topological polar surface area (TPSA) is 29.1 Å². The predicted octanol–water partition coefficient (Wildman–Crippen LogP) is 7.86. The van der Waals surface area contributed by atoms with Gasteiger partial charge in [-0.1, -0.05) is 103 Å². The van der Waals surface area contributed by atoms with Crippen molar-refractivity contribution < 1.29 is 4.79 Å². The van der Waals surface area contributed by atoms with E-state index < -0.39 is 0 Å². The molecule has 2 heteroatoms. The molecule has 0 aromatic carbocycles. The molecule has 26 heavy (non-hydrogen) atoms. The Bertz CT molecular complexity index is 359. The Balaban J connectivity index is -0.00000123. The zero-order valence-electron chi connectivity index (χ0n) is 20.9. The van der Waals surface area contributed by atoms with Crippen LogP contribution in [0, 0.1) is 21.7 Å². The number of carbonyl (C=O) groups is 1. The molecule has 0 radical (unpaired) electrons. The second-order valence-electron chi connectivity index (χ2n) is 10.7. The van der Waals surface area contributed by atoms with Crippen molar-refractivity contribution in [1.29, 1.82) is 0 Å². The maximum absolute atomic E-state index is 12.3. The van der Waals surface area contributed by atoms with Crippen molar-refractivity contribution in [3.05, 3.63) is 0 Å². The Morgan fingerprint density at radius 3 is 1.46 bits per heavy atom. The van der Waals surface area contributed by atoms with E-state index >= 15 is 0 Å². The van der Waals surface area contributed by atoms with E-state index in [0.29, 0.717) is 11.8 Å². The van der Waals surface area contributed by atoms with E-state index in [2.05, 4.69) is 74.6 Å². The monoisotopic (exact) mass is 371 g/mol. The van der Waals surface area contributed by atoms with Crippen LogP contribution in [0.3, 0.4) is 0 Å². The average molecular weight is 372 g/mol. The smallest absolute Gasteiger partial charge is 0.220 e. The zero-order chi connectivity index (χ0) is 21.8. The third-order valence-electron chi connectivity index (χ3n) is 4.33. The molecular weight excluding hydrogens is 318 g/mol. The van der Waals surface area contributed by atoms with Gasteiger partial charge in [-0.15, -0.1) is 0 Å². The van der Waals surface area contributed by atoms with Crippen LogP contribution < -0.4 is 5.32 Å². The number of carbonyl (C=O) groups excluding carboxylic acids is 1. The lowest BCUT2D eigenvalue weighted by atomic mass is 9.73. The molecule has 0 saturated heterocycles. The molecule has 0 rings (SSSR count). The van der Waals surface area contributed by atoms with E-state index in [4.69, 9.17) is 0 Å². The van der Waals surface area contributed by atoms with E-state index in [1.807, 2.05) is 27.7 Å². The second kappa shape index (κ2) is 12.8. The SMILES string of the molecule is CC.CC.CCC(C)(C)CC(C)(C)CNC(=O)CC(C)(C)CC(C)(C)C. The van der Waals surface area contributed by atoms with Gasteiger partial charge < -0.3 is 5.32 Å². The van der Waals surface area contributed by atoms with Crippen LogP contribution in [0.4, 0.5) is 0 Å². The first-order valence-electron chi connectivity index (χ1n) is 10.8. The number of hydrogen-bond acceptors (Lipinski definition) is 1. The van der Waals surface area contributed by atoms with Gasteiger partial charge in [-0.3, -0.25) is 4.79 Å².